The van der Waals surface area contributed by atoms with E-state index in [9.17, 15) is 28.2 Å². The van der Waals surface area contributed by atoms with E-state index in [0.29, 0.717) is 13.0 Å². The van der Waals surface area contributed by atoms with Crippen molar-refractivity contribution in [1.82, 2.24) is 20.3 Å². The molecule has 5 N–H and O–H groups in total. The Balaban J connectivity index is 2.26. The van der Waals surface area contributed by atoms with Crippen LogP contribution in [0.2, 0.25) is 0 Å². The van der Waals surface area contributed by atoms with Gasteiger partial charge in [0.2, 0.25) is 21.8 Å². The van der Waals surface area contributed by atoms with Gasteiger partial charge in [-0.05, 0) is 37.8 Å². The van der Waals surface area contributed by atoms with E-state index >= 15 is 0 Å². The molecule has 2 amide bonds. The molecule has 0 aromatic heterocycles. The number of nitrogens with zero attached hydrogens (tertiary/aromatic N) is 1. The van der Waals surface area contributed by atoms with Gasteiger partial charge in [-0.3, -0.25) is 9.59 Å². The predicted octanol–water partition coefficient (Wildman–Crippen LogP) is 1.42. The Morgan fingerprint density at radius 2 is 1.73 bits per heavy atom. The first kappa shape index (κ1) is 37.3. The fourth-order valence-corrected chi connectivity index (χ4v) is 6.95. The highest BCUT2D eigenvalue weighted by atomic mass is 32.2. The second-order valence-electron chi connectivity index (χ2n) is 11.7. The van der Waals surface area contributed by atoms with Crippen molar-refractivity contribution >= 4 is 21.8 Å². The average molecular weight is 631 g/mol. The molecule has 0 radical (unpaired) electrons. The maximum Gasteiger partial charge on any atom is 0.243 e. The molecule has 1 aromatic rings. The van der Waals surface area contributed by atoms with E-state index in [4.69, 9.17) is 12.8 Å². The minimum Gasteiger partial charge on any atom is -0.390 e. The Bertz CT molecular complexity index is 1210. The zero-order valence-corrected chi connectivity index (χ0v) is 26.9. The summed E-state index contributed by atoms with van der Waals surface area (Å²) in [7, 11) is -0.624. The lowest BCUT2D eigenvalue weighted by Crippen LogP contribution is -2.56. The van der Waals surface area contributed by atoms with E-state index in [1.165, 1.54) is 11.4 Å². The van der Waals surface area contributed by atoms with Crippen molar-refractivity contribution in [2.45, 2.75) is 88.5 Å². The zero-order chi connectivity index (χ0) is 32.5. The van der Waals surface area contributed by atoms with Crippen molar-refractivity contribution < 1.29 is 28.2 Å². The molecule has 2 rings (SSSR count). The number of nitrogens with one attached hydrogen (secondary N) is 3. The molecule has 0 heterocycles. The first-order valence-corrected chi connectivity index (χ1v) is 17.1. The fraction of sp³-hybridized carbons (Fsp3) is 0.636. The lowest BCUT2D eigenvalue weighted by Gasteiger charge is -2.33. The zero-order valence-electron chi connectivity index (χ0n) is 26.1. The van der Waals surface area contributed by atoms with E-state index < -0.39 is 57.8 Å². The Hall–Kier alpha value is -2.93. The molecule has 0 aliphatic heterocycles. The van der Waals surface area contributed by atoms with Crippen LogP contribution in [0.5, 0.6) is 0 Å². The lowest BCUT2D eigenvalue weighted by atomic mass is 9.82. The van der Waals surface area contributed by atoms with E-state index in [2.05, 4.69) is 27.8 Å². The van der Waals surface area contributed by atoms with Crippen LogP contribution in [-0.2, 0) is 26.0 Å². The molecular formula is C33H50N4O6S. The maximum atomic E-state index is 13.7. The molecule has 1 aliphatic carbocycles. The highest BCUT2D eigenvalue weighted by Gasteiger charge is 2.34. The molecule has 0 bridgehead atoms. The second kappa shape index (κ2) is 19.5. The Kier molecular flexibility index (Phi) is 16.5. The molecule has 5 unspecified atom stereocenters. The van der Waals surface area contributed by atoms with Crippen molar-refractivity contribution in [2.75, 3.05) is 32.9 Å². The summed E-state index contributed by atoms with van der Waals surface area (Å²) in [5.41, 5.74) is 0.773. The van der Waals surface area contributed by atoms with Gasteiger partial charge in [-0.15, -0.1) is 24.7 Å². The van der Waals surface area contributed by atoms with Crippen LogP contribution < -0.4 is 16.0 Å². The quantitative estimate of drug-likeness (QED) is 0.145. The third-order valence-electron chi connectivity index (χ3n) is 8.24. The van der Waals surface area contributed by atoms with Crippen LogP contribution in [-0.4, -0.2) is 92.0 Å². The number of hydrogen-bond acceptors (Lipinski definition) is 7. The van der Waals surface area contributed by atoms with Gasteiger partial charge in [-0.25, -0.2) is 12.7 Å². The number of likely N-dealkylation sites (N-methyl/N-ethyl adjacent to an activating group) is 2. The molecule has 0 saturated heterocycles. The number of terminal acetylenes is 2. The van der Waals surface area contributed by atoms with E-state index in [1.54, 1.807) is 7.05 Å². The highest BCUT2D eigenvalue weighted by Crippen LogP contribution is 2.29. The average Bonchev–Trinajstić information content (AvgIpc) is 3.01. The summed E-state index contributed by atoms with van der Waals surface area (Å²) >= 11 is 0. The van der Waals surface area contributed by atoms with Gasteiger partial charge in [0, 0.05) is 33.0 Å². The van der Waals surface area contributed by atoms with Gasteiger partial charge in [0.05, 0.1) is 23.8 Å². The maximum absolute atomic E-state index is 13.7. The van der Waals surface area contributed by atoms with E-state index in [1.807, 2.05) is 30.3 Å². The van der Waals surface area contributed by atoms with E-state index in [0.717, 1.165) is 37.7 Å². The first-order valence-electron chi connectivity index (χ1n) is 15.5. The molecule has 11 heteroatoms. The summed E-state index contributed by atoms with van der Waals surface area (Å²) in [6.45, 7) is 0.680. The van der Waals surface area contributed by atoms with Crippen molar-refractivity contribution in [2.24, 2.45) is 11.8 Å². The van der Waals surface area contributed by atoms with Gasteiger partial charge in [0.1, 0.15) is 12.1 Å². The summed E-state index contributed by atoms with van der Waals surface area (Å²) in [4.78, 5) is 27.2. The SMILES string of the molecule is C#CCCC(O)C(O)C(CC1CCCCC1)NC(=O)C(CC#C)NC(=O)C(Cc1ccccc1)CS(=O)(=O)N(C)CCNC. The number of benzene rings is 1. The van der Waals surface area contributed by atoms with Crippen molar-refractivity contribution in [1.29, 1.82) is 0 Å². The summed E-state index contributed by atoms with van der Waals surface area (Å²) < 4.78 is 27.6. The normalized spacial score (nSPS) is 17.4. The Morgan fingerprint density at radius 1 is 1.05 bits per heavy atom. The number of carbonyl (C=O) groups is 2. The molecule has 44 heavy (non-hydrogen) atoms. The van der Waals surface area contributed by atoms with Gasteiger partial charge in [0.25, 0.3) is 0 Å². The van der Waals surface area contributed by atoms with Crippen molar-refractivity contribution in [3.8, 4) is 24.7 Å². The number of aliphatic hydroxyl groups excluding tert-OH is 2. The smallest absolute Gasteiger partial charge is 0.243 e. The topological polar surface area (TPSA) is 148 Å². The predicted molar refractivity (Wildman–Crippen MR) is 173 cm³/mol. The standard InChI is InChI=1S/C33H50N4O6S/c1-5-7-19-30(38)31(39)29(23-26-17-12-9-13-18-26)36-33(41)28(14-6-2)35-32(40)27(22-25-15-10-8-11-16-25)24-44(42,43)37(4)21-20-34-3/h1-2,8,10-11,15-16,26-31,34,38-39H,7,9,12-14,17-24H2,3-4H3,(H,35,40)(H,36,41). The number of sulfonamides is 1. The number of rotatable bonds is 19. The molecular weight excluding hydrogens is 580 g/mol. The summed E-state index contributed by atoms with van der Waals surface area (Å²) in [6, 6.07) is 7.12. The van der Waals surface area contributed by atoms with Gasteiger partial charge in [0.15, 0.2) is 0 Å². The molecule has 1 aliphatic rings. The van der Waals surface area contributed by atoms with Crippen molar-refractivity contribution in [3.63, 3.8) is 0 Å². The third-order valence-corrected chi connectivity index (χ3v) is 10.2. The largest absolute Gasteiger partial charge is 0.390 e. The highest BCUT2D eigenvalue weighted by molar-refractivity contribution is 7.89. The van der Waals surface area contributed by atoms with Crippen LogP contribution in [0.4, 0.5) is 0 Å². The van der Waals surface area contributed by atoms with Crippen LogP contribution in [0.25, 0.3) is 0 Å². The Morgan fingerprint density at radius 3 is 2.34 bits per heavy atom. The lowest BCUT2D eigenvalue weighted by molar-refractivity contribution is -0.132. The van der Waals surface area contributed by atoms with Gasteiger partial charge in [-0.1, -0.05) is 62.4 Å². The molecule has 5 atom stereocenters. The van der Waals surface area contributed by atoms with Gasteiger partial charge in [-0.2, -0.15) is 0 Å². The van der Waals surface area contributed by atoms with E-state index in [-0.39, 0.29) is 38.1 Å². The number of hydrogen-bond donors (Lipinski definition) is 5. The number of carbonyl (C=O) groups excluding carboxylic acids is 2. The molecule has 1 fully saturated rings. The number of aliphatic hydroxyl groups is 2. The number of amides is 2. The minimum absolute atomic E-state index is 0.139. The third kappa shape index (κ3) is 12.6. The van der Waals surface area contributed by atoms with Crippen LogP contribution in [0.3, 0.4) is 0 Å². The molecule has 1 saturated carbocycles. The summed E-state index contributed by atoms with van der Waals surface area (Å²) in [6.07, 6.45) is 14.6. The molecule has 10 nitrogen and oxygen atoms in total. The molecule has 0 spiro atoms. The van der Waals surface area contributed by atoms with Gasteiger partial charge >= 0.3 is 0 Å². The summed E-state index contributed by atoms with van der Waals surface area (Å²) in [5.74, 6) is 2.47. The van der Waals surface area contributed by atoms with Crippen LogP contribution in [0, 0.1) is 36.5 Å². The second-order valence-corrected chi connectivity index (χ2v) is 13.8. The Labute approximate surface area is 263 Å². The monoisotopic (exact) mass is 630 g/mol. The molecule has 1 aromatic carbocycles. The van der Waals surface area contributed by atoms with Crippen molar-refractivity contribution in [3.05, 3.63) is 35.9 Å². The first-order chi connectivity index (χ1) is 21.0. The van der Waals surface area contributed by atoms with Crippen LogP contribution in [0.1, 0.15) is 63.4 Å². The molecule has 244 valence electrons. The summed E-state index contributed by atoms with van der Waals surface area (Å²) in [5, 5.41) is 30.1. The minimum atomic E-state index is -3.81. The van der Waals surface area contributed by atoms with Gasteiger partial charge < -0.3 is 26.2 Å². The fourth-order valence-electron chi connectivity index (χ4n) is 5.55. The van der Waals surface area contributed by atoms with Crippen LogP contribution in [0.15, 0.2) is 30.3 Å². The van der Waals surface area contributed by atoms with Crippen LogP contribution >= 0.6 is 0 Å².